The molecular weight excluding hydrogens is 859 g/mol. The number of H-pyrrole nitrogens is 2. The molecule has 0 saturated carbocycles. The Labute approximate surface area is 389 Å². The number of ether oxygens (including phenoxy) is 2. The molecule has 6 aromatic carbocycles. The third kappa shape index (κ3) is 7.77. The first kappa shape index (κ1) is 43.0. The number of Topliss-reactive ketones (excluding diaryl/α,β-unsaturated/α-hetero) is 2. The van der Waals surface area contributed by atoms with Crippen LogP contribution in [0.3, 0.4) is 0 Å². The van der Waals surface area contributed by atoms with Gasteiger partial charge in [-0.15, -0.1) is 0 Å². The minimum absolute atomic E-state index is 0.0377. The maximum absolute atomic E-state index is 12.4. The van der Waals surface area contributed by atoms with Crippen molar-refractivity contribution in [3.05, 3.63) is 207 Å². The van der Waals surface area contributed by atoms with Crippen LogP contribution in [0.25, 0.3) is 44.5 Å². The molecule has 68 heavy (non-hydrogen) atoms. The van der Waals surface area contributed by atoms with Crippen LogP contribution in [0.15, 0.2) is 157 Å². The van der Waals surface area contributed by atoms with Crippen molar-refractivity contribution < 1.29 is 44.0 Å². The Bertz CT molecular complexity index is 3430. The zero-order valence-electron chi connectivity index (χ0n) is 36.7. The molecule has 1 aliphatic heterocycles. The molecular formula is C56H43N3O9. The van der Waals surface area contributed by atoms with Gasteiger partial charge in [-0.3, -0.25) is 19.2 Å². The smallest absolute Gasteiger partial charge is 0.322 e. The van der Waals surface area contributed by atoms with Crippen LogP contribution in [0.2, 0.25) is 0 Å². The van der Waals surface area contributed by atoms with E-state index >= 15 is 0 Å². The number of aliphatic hydroxyl groups is 2. The topological polar surface area (TPSA) is 191 Å². The predicted molar refractivity (Wildman–Crippen MR) is 260 cm³/mol. The van der Waals surface area contributed by atoms with Gasteiger partial charge in [-0.2, -0.15) is 0 Å². The second-order valence-electron chi connectivity index (χ2n) is 16.6. The average molecular weight is 902 g/mol. The summed E-state index contributed by atoms with van der Waals surface area (Å²) in [6.45, 7) is 1.87. The molecule has 0 spiro atoms. The number of nitrogens with one attached hydrogen (secondary N) is 3. The zero-order valence-corrected chi connectivity index (χ0v) is 36.7. The van der Waals surface area contributed by atoms with Gasteiger partial charge in [0, 0.05) is 85.7 Å². The van der Waals surface area contributed by atoms with E-state index in [0.717, 1.165) is 55.5 Å². The van der Waals surface area contributed by atoms with E-state index in [1.165, 1.54) is 0 Å². The quantitative estimate of drug-likeness (QED) is 0.0532. The van der Waals surface area contributed by atoms with Crippen LogP contribution in [-0.2, 0) is 33.6 Å². The Morgan fingerprint density at radius 2 is 1.01 bits per heavy atom. The summed E-state index contributed by atoms with van der Waals surface area (Å²) in [5.41, 5.74) is 12.0. The molecule has 0 amide bonds. The van der Waals surface area contributed by atoms with Gasteiger partial charge in [0.15, 0.2) is 11.5 Å². The lowest BCUT2D eigenvalue weighted by Crippen LogP contribution is -2.16. The number of hydrogen-bond donors (Lipinski definition) is 6. The number of esters is 2. The van der Waals surface area contributed by atoms with Crippen LogP contribution in [0.1, 0.15) is 73.3 Å². The Kier molecular flexibility index (Phi) is 11.3. The van der Waals surface area contributed by atoms with Gasteiger partial charge >= 0.3 is 11.9 Å². The molecule has 8 aromatic rings. The molecule has 4 aliphatic rings. The maximum atomic E-state index is 12.4. The summed E-state index contributed by atoms with van der Waals surface area (Å²) >= 11 is 0. The number of aromatic amines is 2. The Balaban J connectivity index is 0.000000121. The first-order valence-electron chi connectivity index (χ1n) is 22.1. The third-order valence-electron chi connectivity index (χ3n) is 12.5. The number of anilines is 1. The molecule has 6 N–H and O–H groups in total. The number of carbonyl (C=O) groups excluding carboxylic acids is 4. The Hall–Kier alpha value is -8.90. The van der Waals surface area contributed by atoms with Crippen LogP contribution in [0.4, 0.5) is 5.69 Å². The van der Waals surface area contributed by atoms with Crippen molar-refractivity contribution in [2.24, 2.45) is 0 Å². The molecule has 3 heterocycles. The van der Waals surface area contributed by atoms with Crippen LogP contribution < -0.4 is 10.1 Å². The predicted octanol–water partition coefficient (Wildman–Crippen LogP) is 10.9. The van der Waals surface area contributed by atoms with Crippen molar-refractivity contribution in [1.82, 2.24) is 9.97 Å². The lowest BCUT2D eigenvalue weighted by atomic mass is 10.1. The fourth-order valence-electron chi connectivity index (χ4n) is 9.22. The summed E-state index contributed by atoms with van der Waals surface area (Å²) in [5.74, 6) is -0.549. The van der Waals surface area contributed by atoms with E-state index in [4.69, 9.17) is 9.47 Å². The summed E-state index contributed by atoms with van der Waals surface area (Å²) in [7, 11) is 0. The molecule has 0 saturated heterocycles. The number of allylic oxidation sites excluding steroid dienone is 4. The first-order chi connectivity index (χ1) is 33.1. The molecule has 0 fully saturated rings. The van der Waals surface area contributed by atoms with Crippen LogP contribution in [-0.4, -0.2) is 55.4 Å². The van der Waals surface area contributed by atoms with E-state index in [9.17, 15) is 34.5 Å². The molecule has 336 valence electrons. The number of benzene rings is 6. The maximum Gasteiger partial charge on any atom is 0.322 e. The molecule has 2 aromatic heterocycles. The lowest BCUT2D eigenvalue weighted by molar-refractivity contribution is -0.149. The van der Waals surface area contributed by atoms with E-state index in [1.807, 2.05) is 140 Å². The number of aromatic nitrogens is 2. The summed E-state index contributed by atoms with van der Waals surface area (Å²) in [5, 5.41) is 36.1. The molecule has 0 radical (unpaired) electrons. The molecule has 3 aliphatic carbocycles. The highest BCUT2D eigenvalue weighted by atomic mass is 16.6. The van der Waals surface area contributed by atoms with Gasteiger partial charge in [-0.1, -0.05) is 109 Å². The monoisotopic (exact) mass is 901 g/mol. The van der Waals surface area contributed by atoms with Crippen molar-refractivity contribution in [2.45, 2.75) is 32.6 Å². The van der Waals surface area contributed by atoms with Gasteiger partial charge in [0.2, 0.25) is 5.78 Å². The third-order valence-corrected chi connectivity index (χ3v) is 12.5. The minimum Gasteiger partial charge on any atom is -0.507 e. The van der Waals surface area contributed by atoms with Crippen LogP contribution in [0, 0.1) is 0 Å². The molecule has 0 bridgehead atoms. The van der Waals surface area contributed by atoms with E-state index in [0.29, 0.717) is 69.8 Å². The highest BCUT2D eigenvalue weighted by Gasteiger charge is 2.34. The average Bonchev–Trinajstić information content (AvgIpc) is 4.20. The minimum atomic E-state index is -0.708. The standard InChI is InChI=1S/C22H19NO5.C17H13NO2.C17H11NO2/c1-2-27-18(24)12-19(25)28-22-15-9-5-6-10-17(15)23-20(22)16-11-13-7-3-4-8-14(13)21(16)26;2*19-16-11-6-2-1-5-10(11)9-13(16)15-17(20)12-7-3-4-8-14(12)18-15/h3-10,23,26H,2,11-12H2,1H3;1-8,18-20H,9H2;1-8,18H,9H2/b;;15-13-. The van der Waals surface area contributed by atoms with E-state index in [1.54, 1.807) is 13.0 Å². The molecule has 12 nitrogen and oxygen atoms in total. The van der Waals surface area contributed by atoms with Crippen molar-refractivity contribution in [3.8, 4) is 11.5 Å². The number of para-hydroxylation sites is 3. The van der Waals surface area contributed by atoms with Gasteiger partial charge < -0.3 is 40.1 Å². The van der Waals surface area contributed by atoms with Crippen molar-refractivity contribution in [3.63, 3.8) is 0 Å². The fraction of sp³-hybridized carbons (Fsp3) is 0.107. The van der Waals surface area contributed by atoms with Crippen LogP contribution >= 0.6 is 0 Å². The van der Waals surface area contributed by atoms with E-state index < -0.39 is 18.4 Å². The van der Waals surface area contributed by atoms with Crippen molar-refractivity contribution in [2.75, 3.05) is 11.9 Å². The summed E-state index contributed by atoms with van der Waals surface area (Å²) < 4.78 is 10.4. The van der Waals surface area contributed by atoms with E-state index in [-0.39, 0.29) is 35.4 Å². The second-order valence-corrected chi connectivity index (χ2v) is 16.6. The number of ketones is 2. The number of aliphatic hydroxyl groups excluding tert-OH is 2. The van der Waals surface area contributed by atoms with Crippen LogP contribution in [0.5, 0.6) is 11.5 Å². The molecule has 0 unspecified atom stereocenters. The summed E-state index contributed by atoms with van der Waals surface area (Å²) in [6.07, 6.45) is 1.19. The Morgan fingerprint density at radius 1 is 0.529 bits per heavy atom. The Morgan fingerprint density at radius 3 is 1.60 bits per heavy atom. The van der Waals surface area contributed by atoms with E-state index in [2.05, 4.69) is 15.3 Å². The molecule has 12 heteroatoms. The normalized spacial score (nSPS) is 15.2. The number of fused-ring (bicyclic) bond motifs is 6. The summed E-state index contributed by atoms with van der Waals surface area (Å²) in [6, 6.07) is 45.2. The molecule has 12 rings (SSSR count). The number of rotatable bonds is 6. The first-order valence-corrected chi connectivity index (χ1v) is 22.1. The molecule has 0 atom stereocenters. The fourth-order valence-corrected chi connectivity index (χ4v) is 9.22. The number of carbonyl (C=O) groups is 4. The van der Waals surface area contributed by atoms with Crippen molar-refractivity contribution >= 4 is 73.7 Å². The highest BCUT2D eigenvalue weighted by Crippen LogP contribution is 2.44. The van der Waals surface area contributed by atoms with Gasteiger partial charge in [0.25, 0.3) is 0 Å². The zero-order chi connectivity index (χ0) is 47.1. The highest BCUT2D eigenvalue weighted by molar-refractivity contribution is 6.25. The number of hydrogen-bond acceptors (Lipinski definition) is 10. The SMILES string of the molecule is CCOC(=O)CC(=O)Oc1c(C2=C(O)c3ccccc3C2)[nH]c2ccccc12.O=C1/C(=C2\Nc3ccccc3C2=O)Cc2ccccc21.OC1=C(c2[nH]c3ccccc3c2O)Cc2ccccc21. The lowest BCUT2D eigenvalue weighted by Gasteiger charge is -2.08. The largest absolute Gasteiger partial charge is 0.507 e. The number of aromatic hydroxyl groups is 1. The van der Waals surface area contributed by atoms with Gasteiger partial charge in [0.05, 0.1) is 23.7 Å². The summed E-state index contributed by atoms with van der Waals surface area (Å²) in [4.78, 5) is 55.2. The van der Waals surface area contributed by atoms with Gasteiger partial charge in [0.1, 0.15) is 23.7 Å². The van der Waals surface area contributed by atoms with Gasteiger partial charge in [-0.25, -0.2) is 0 Å². The second kappa shape index (κ2) is 17.8. The van der Waals surface area contributed by atoms with Crippen molar-refractivity contribution in [1.29, 1.82) is 0 Å². The van der Waals surface area contributed by atoms with Gasteiger partial charge in [-0.05, 0) is 60.0 Å².